The van der Waals surface area contributed by atoms with Crippen molar-refractivity contribution in [1.82, 2.24) is 9.78 Å². The Bertz CT molecular complexity index is 378. The highest BCUT2D eigenvalue weighted by atomic mass is 16.4. The van der Waals surface area contributed by atoms with Crippen molar-refractivity contribution in [3.63, 3.8) is 0 Å². The van der Waals surface area contributed by atoms with Crippen molar-refractivity contribution in [2.45, 2.75) is 38.6 Å². The highest BCUT2D eigenvalue weighted by molar-refractivity contribution is 5.84. The van der Waals surface area contributed by atoms with Gasteiger partial charge < -0.3 is 5.11 Å². The molecule has 1 heterocycles. The van der Waals surface area contributed by atoms with Crippen LogP contribution in [0.15, 0.2) is 12.3 Å². The maximum absolute atomic E-state index is 11.2. The average molecular weight is 208 g/mol. The molecule has 1 aliphatic carbocycles. The molecule has 4 nitrogen and oxygen atoms in total. The Kier molecular flexibility index (Phi) is 2.29. The summed E-state index contributed by atoms with van der Waals surface area (Å²) in [4.78, 5) is 11.2. The summed E-state index contributed by atoms with van der Waals surface area (Å²) in [6.45, 7) is 5.00. The van der Waals surface area contributed by atoms with Crippen molar-refractivity contribution in [2.75, 3.05) is 0 Å². The molecule has 1 saturated carbocycles. The van der Waals surface area contributed by atoms with Crippen LogP contribution >= 0.6 is 0 Å². The van der Waals surface area contributed by atoms with Crippen molar-refractivity contribution < 1.29 is 9.90 Å². The Morgan fingerprint density at radius 1 is 1.67 bits per heavy atom. The second-order valence-electron chi connectivity index (χ2n) is 4.68. The van der Waals surface area contributed by atoms with Gasteiger partial charge in [0.05, 0.1) is 5.69 Å². The molecule has 1 fully saturated rings. The lowest BCUT2D eigenvalue weighted by Crippen LogP contribution is -2.24. The fraction of sp³-hybridized carbons (Fsp3) is 0.636. The monoisotopic (exact) mass is 208 g/mol. The van der Waals surface area contributed by atoms with Crippen LogP contribution in [-0.2, 0) is 16.8 Å². The normalized spacial score (nSPS) is 18.1. The van der Waals surface area contributed by atoms with Crippen LogP contribution in [0.4, 0.5) is 0 Å². The van der Waals surface area contributed by atoms with E-state index >= 15 is 0 Å². The Morgan fingerprint density at radius 3 is 2.80 bits per heavy atom. The molecular weight excluding hydrogens is 192 g/mol. The van der Waals surface area contributed by atoms with Crippen LogP contribution in [0.1, 0.15) is 32.4 Å². The molecule has 1 aromatic rings. The number of carbonyl (C=O) groups is 1. The zero-order valence-electron chi connectivity index (χ0n) is 9.10. The Morgan fingerprint density at radius 2 is 2.33 bits per heavy atom. The van der Waals surface area contributed by atoms with Crippen LogP contribution in [0.3, 0.4) is 0 Å². The van der Waals surface area contributed by atoms with Gasteiger partial charge in [0.25, 0.3) is 0 Å². The first-order valence-electron chi connectivity index (χ1n) is 5.32. The van der Waals surface area contributed by atoms with Gasteiger partial charge in [-0.05, 0) is 24.8 Å². The number of carboxylic acids is 1. The third-order valence-corrected chi connectivity index (χ3v) is 2.90. The fourth-order valence-corrected chi connectivity index (χ4v) is 1.94. The van der Waals surface area contributed by atoms with E-state index in [1.54, 1.807) is 6.20 Å². The number of hydrogen-bond donors (Lipinski definition) is 1. The van der Waals surface area contributed by atoms with Crippen molar-refractivity contribution in [1.29, 1.82) is 0 Å². The summed E-state index contributed by atoms with van der Waals surface area (Å²) in [6.07, 6.45) is 3.18. The summed E-state index contributed by atoms with van der Waals surface area (Å²) >= 11 is 0. The first kappa shape index (κ1) is 10.2. The number of nitrogens with zero attached hydrogens (tertiary/aromatic N) is 2. The van der Waals surface area contributed by atoms with Crippen LogP contribution in [0.25, 0.3) is 0 Å². The molecule has 1 aromatic heterocycles. The molecule has 0 radical (unpaired) electrons. The Balaban J connectivity index is 2.29. The molecule has 4 heteroatoms. The summed E-state index contributed by atoms with van der Waals surface area (Å²) < 4.78 is 1.84. The van der Waals surface area contributed by atoms with Crippen LogP contribution < -0.4 is 0 Å². The van der Waals surface area contributed by atoms with E-state index in [1.165, 1.54) is 0 Å². The number of aromatic nitrogens is 2. The van der Waals surface area contributed by atoms with Crippen LogP contribution in [0, 0.1) is 5.92 Å². The average Bonchev–Trinajstić information content (AvgIpc) is 2.83. The first-order chi connectivity index (χ1) is 7.06. The molecule has 0 saturated heterocycles. The highest BCUT2D eigenvalue weighted by Crippen LogP contribution is 2.48. The van der Waals surface area contributed by atoms with Gasteiger partial charge in [-0.2, -0.15) is 5.10 Å². The molecule has 0 aliphatic heterocycles. The van der Waals surface area contributed by atoms with E-state index in [9.17, 15) is 9.90 Å². The van der Waals surface area contributed by atoms with Gasteiger partial charge >= 0.3 is 5.97 Å². The molecule has 1 aliphatic rings. The molecule has 0 atom stereocenters. The number of aliphatic carboxylic acids is 1. The predicted octanol–water partition coefficient (Wildman–Crippen LogP) is 1.66. The molecule has 0 unspecified atom stereocenters. The topological polar surface area (TPSA) is 55.1 Å². The maximum atomic E-state index is 11.2. The van der Waals surface area contributed by atoms with Crippen molar-refractivity contribution >= 4 is 5.97 Å². The highest BCUT2D eigenvalue weighted by Gasteiger charge is 2.53. The smallest absolute Gasteiger partial charge is 0.315 e. The van der Waals surface area contributed by atoms with E-state index in [0.717, 1.165) is 25.1 Å². The zero-order chi connectivity index (χ0) is 11.1. The van der Waals surface area contributed by atoms with E-state index < -0.39 is 11.4 Å². The van der Waals surface area contributed by atoms with Gasteiger partial charge in [-0.25, -0.2) is 0 Å². The Hall–Kier alpha value is -1.32. The van der Waals surface area contributed by atoms with Gasteiger partial charge in [0.2, 0.25) is 0 Å². The second-order valence-corrected chi connectivity index (χ2v) is 4.68. The minimum Gasteiger partial charge on any atom is -0.481 e. The second kappa shape index (κ2) is 3.36. The maximum Gasteiger partial charge on any atom is 0.315 e. The lowest BCUT2D eigenvalue weighted by atomic mass is 10.0. The van der Waals surface area contributed by atoms with Crippen LogP contribution in [0.5, 0.6) is 0 Å². The Labute approximate surface area is 88.9 Å². The quantitative estimate of drug-likeness (QED) is 0.818. The van der Waals surface area contributed by atoms with Crippen LogP contribution in [0.2, 0.25) is 0 Å². The molecule has 82 valence electrons. The predicted molar refractivity (Wildman–Crippen MR) is 55.6 cm³/mol. The summed E-state index contributed by atoms with van der Waals surface area (Å²) in [7, 11) is 0. The molecule has 1 N–H and O–H groups in total. The third-order valence-electron chi connectivity index (χ3n) is 2.90. The molecule has 0 amide bonds. The molecule has 0 aromatic carbocycles. The minimum absolute atomic E-state index is 0.480. The van der Waals surface area contributed by atoms with E-state index in [4.69, 9.17) is 0 Å². The van der Waals surface area contributed by atoms with Gasteiger partial charge in [-0.1, -0.05) is 13.8 Å². The summed E-state index contributed by atoms with van der Waals surface area (Å²) in [5, 5.41) is 13.4. The third kappa shape index (κ3) is 1.64. The summed E-state index contributed by atoms with van der Waals surface area (Å²) in [6, 6.07) is 1.84. The lowest BCUT2D eigenvalue weighted by molar-refractivity contribution is -0.140. The van der Waals surface area contributed by atoms with Crippen molar-refractivity contribution in [3.05, 3.63) is 18.0 Å². The van der Waals surface area contributed by atoms with Gasteiger partial charge in [-0.15, -0.1) is 0 Å². The minimum atomic E-state index is -0.715. The first-order valence-corrected chi connectivity index (χ1v) is 5.32. The lowest BCUT2D eigenvalue weighted by Gasteiger charge is -2.14. The number of rotatable bonds is 4. The van der Waals surface area contributed by atoms with E-state index in [0.29, 0.717) is 5.92 Å². The van der Waals surface area contributed by atoms with Crippen molar-refractivity contribution in [3.8, 4) is 0 Å². The van der Waals surface area contributed by atoms with E-state index in [1.807, 2.05) is 10.7 Å². The van der Waals surface area contributed by atoms with Gasteiger partial charge in [0.1, 0.15) is 5.41 Å². The largest absolute Gasteiger partial charge is 0.481 e. The van der Waals surface area contributed by atoms with Gasteiger partial charge in [0, 0.05) is 12.7 Å². The fourth-order valence-electron chi connectivity index (χ4n) is 1.94. The van der Waals surface area contributed by atoms with Crippen molar-refractivity contribution in [2.24, 2.45) is 5.92 Å². The zero-order valence-corrected chi connectivity index (χ0v) is 9.10. The summed E-state index contributed by atoms with van der Waals surface area (Å²) in [5.74, 6) is -0.235. The van der Waals surface area contributed by atoms with E-state index in [2.05, 4.69) is 18.9 Å². The van der Waals surface area contributed by atoms with E-state index in [-0.39, 0.29) is 0 Å². The molecular formula is C11H16N2O2. The summed E-state index contributed by atoms with van der Waals surface area (Å²) in [5.41, 5.74) is 0.231. The van der Waals surface area contributed by atoms with Gasteiger partial charge in [-0.3, -0.25) is 9.48 Å². The number of hydrogen-bond acceptors (Lipinski definition) is 2. The van der Waals surface area contributed by atoms with Gasteiger partial charge in [0.15, 0.2) is 0 Å². The molecule has 0 spiro atoms. The van der Waals surface area contributed by atoms with Crippen LogP contribution in [-0.4, -0.2) is 20.9 Å². The molecule has 0 bridgehead atoms. The number of carboxylic acid groups (broad SMARTS) is 1. The molecule has 15 heavy (non-hydrogen) atoms. The standard InChI is InChI=1S/C11H16N2O2/c1-8(2)7-13-9(3-6-12-13)11(4-5-11)10(14)15/h3,6,8H,4-5,7H2,1-2H3,(H,14,15). The molecule has 2 rings (SSSR count). The SMILES string of the molecule is CC(C)Cn1nccc1C1(C(=O)O)CC1.